The van der Waals surface area contributed by atoms with Gasteiger partial charge in [0.15, 0.2) is 0 Å². The van der Waals surface area contributed by atoms with Crippen LogP contribution in [0.15, 0.2) is 30.3 Å². The van der Waals surface area contributed by atoms with E-state index in [1.54, 1.807) is 13.8 Å². The van der Waals surface area contributed by atoms with Gasteiger partial charge in [-0.25, -0.2) is 0 Å². The molecule has 0 saturated heterocycles. The van der Waals surface area contributed by atoms with Crippen molar-refractivity contribution < 1.29 is 14.6 Å². The minimum Gasteiger partial charge on any atom is -0.391 e. The number of nitrogens with one attached hydrogen (secondary N) is 1. The van der Waals surface area contributed by atoms with Crippen LogP contribution in [0.4, 0.5) is 0 Å². The normalized spacial score (nSPS) is 15.6. The van der Waals surface area contributed by atoms with Gasteiger partial charge in [0.2, 0.25) is 5.91 Å². The summed E-state index contributed by atoms with van der Waals surface area (Å²) in [6.07, 6.45) is -0.581. The first kappa shape index (κ1) is 15.7. The van der Waals surface area contributed by atoms with Crippen molar-refractivity contribution in [3.05, 3.63) is 35.9 Å². The molecule has 0 radical (unpaired) electrons. The Morgan fingerprint density at radius 2 is 1.95 bits per heavy atom. The van der Waals surface area contributed by atoms with Crippen LogP contribution in [0.3, 0.4) is 0 Å². The Labute approximate surface area is 114 Å². The Kier molecular flexibility index (Phi) is 6.53. The van der Waals surface area contributed by atoms with Crippen molar-refractivity contribution in [2.45, 2.75) is 45.4 Å². The molecule has 1 aromatic carbocycles. The number of aliphatic hydroxyl groups excluding tert-OH is 1. The summed E-state index contributed by atoms with van der Waals surface area (Å²) in [5, 5.41) is 12.8. The molecule has 0 bridgehead atoms. The lowest BCUT2D eigenvalue weighted by atomic mass is 10.0. The number of amides is 1. The highest BCUT2D eigenvalue weighted by molar-refractivity contribution is 5.80. The number of aliphatic hydroxyl groups is 1. The molecule has 1 rings (SSSR count). The molecular formula is C15H23NO3. The highest BCUT2D eigenvalue weighted by Crippen LogP contribution is 2.06. The molecular weight excluding hydrogens is 242 g/mol. The minimum absolute atomic E-state index is 0.193. The van der Waals surface area contributed by atoms with E-state index in [1.807, 2.05) is 37.3 Å². The van der Waals surface area contributed by atoms with Crippen molar-refractivity contribution >= 4 is 5.91 Å². The third kappa shape index (κ3) is 5.41. The van der Waals surface area contributed by atoms with E-state index >= 15 is 0 Å². The van der Waals surface area contributed by atoms with Crippen LogP contribution in [0.5, 0.6) is 0 Å². The van der Waals surface area contributed by atoms with Crippen molar-refractivity contribution in [2.75, 3.05) is 6.61 Å². The summed E-state index contributed by atoms with van der Waals surface area (Å²) < 4.78 is 5.21. The summed E-state index contributed by atoms with van der Waals surface area (Å²) in [4.78, 5) is 11.8. The van der Waals surface area contributed by atoms with Gasteiger partial charge < -0.3 is 15.2 Å². The molecule has 3 unspecified atom stereocenters. The average Bonchev–Trinajstić information content (AvgIpc) is 2.40. The van der Waals surface area contributed by atoms with Gasteiger partial charge >= 0.3 is 0 Å². The quantitative estimate of drug-likeness (QED) is 0.786. The van der Waals surface area contributed by atoms with E-state index in [1.165, 1.54) is 0 Å². The molecule has 0 aliphatic heterocycles. The second-order valence-electron chi connectivity index (χ2n) is 4.65. The molecule has 106 valence electrons. The van der Waals surface area contributed by atoms with E-state index in [-0.39, 0.29) is 11.9 Å². The largest absolute Gasteiger partial charge is 0.391 e. The van der Waals surface area contributed by atoms with Gasteiger partial charge in [-0.15, -0.1) is 0 Å². The van der Waals surface area contributed by atoms with Gasteiger partial charge in [-0.2, -0.15) is 0 Å². The van der Waals surface area contributed by atoms with E-state index in [2.05, 4.69) is 5.32 Å². The zero-order chi connectivity index (χ0) is 14.3. The number of ether oxygens (including phenoxy) is 1. The van der Waals surface area contributed by atoms with Crippen LogP contribution in [-0.4, -0.2) is 35.9 Å². The molecule has 0 saturated carbocycles. The summed E-state index contributed by atoms with van der Waals surface area (Å²) >= 11 is 0. The predicted octanol–water partition coefficient (Wildman–Crippen LogP) is 1.52. The zero-order valence-corrected chi connectivity index (χ0v) is 11.8. The van der Waals surface area contributed by atoms with Gasteiger partial charge in [0.1, 0.15) is 6.10 Å². The molecule has 0 aliphatic rings. The topological polar surface area (TPSA) is 58.6 Å². The van der Waals surface area contributed by atoms with Crippen molar-refractivity contribution in [1.29, 1.82) is 0 Å². The Balaban J connectivity index is 2.44. The maximum absolute atomic E-state index is 11.8. The smallest absolute Gasteiger partial charge is 0.249 e. The molecule has 2 N–H and O–H groups in total. The van der Waals surface area contributed by atoms with Crippen LogP contribution in [0.2, 0.25) is 0 Å². The fourth-order valence-electron chi connectivity index (χ4n) is 1.80. The van der Waals surface area contributed by atoms with E-state index < -0.39 is 12.2 Å². The molecule has 4 nitrogen and oxygen atoms in total. The Morgan fingerprint density at radius 3 is 2.53 bits per heavy atom. The third-order valence-electron chi connectivity index (χ3n) is 3.02. The summed E-state index contributed by atoms with van der Waals surface area (Å²) in [5.74, 6) is -0.193. The maximum Gasteiger partial charge on any atom is 0.249 e. The molecule has 19 heavy (non-hydrogen) atoms. The van der Waals surface area contributed by atoms with E-state index in [0.717, 1.165) is 5.56 Å². The van der Waals surface area contributed by atoms with Gasteiger partial charge in [0.25, 0.3) is 0 Å². The van der Waals surface area contributed by atoms with Crippen LogP contribution < -0.4 is 5.32 Å². The average molecular weight is 265 g/mol. The van der Waals surface area contributed by atoms with Crippen LogP contribution in [0.25, 0.3) is 0 Å². The van der Waals surface area contributed by atoms with Gasteiger partial charge in [-0.05, 0) is 26.3 Å². The first-order valence-corrected chi connectivity index (χ1v) is 6.68. The summed E-state index contributed by atoms with van der Waals surface area (Å²) in [5.41, 5.74) is 1.05. The number of hydrogen-bond acceptors (Lipinski definition) is 3. The van der Waals surface area contributed by atoms with Crippen molar-refractivity contribution in [2.24, 2.45) is 0 Å². The fraction of sp³-hybridized carbons (Fsp3) is 0.533. The summed E-state index contributed by atoms with van der Waals surface area (Å²) in [6, 6.07) is 9.41. The summed E-state index contributed by atoms with van der Waals surface area (Å²) in [6.45, 7) is 5.84. The Morgan fingerprint density at radius 1 is 1.32 bits per heavy atom. The summed E-state index contributed by atoms with van der Waals surface area (Å²) in [7, 11) is 0. The van der Waals surface area contributed by atoms with Crippen LogP contribution in [0.1, 0.15) is 26.3 Å². The molecule has 1 aromatic rings. The number of carbonyl (C=O) groups is 1. The second-order valence-corrected chi connectivity index (χ2v) is 4.65. The van der Waals surface area contributed by atoms with Gasteiger partial charge in [-0.3, -0.25) is 4.79 Å². The van der Waals surface area contributed by atoms with Crippen molar-refractivity contribution in [3.63, 3.8) is 0 Å². The number of carbonyl (C=O) groups excluding carboxylic acids is 1. The Bertz CT molecular complexity index is 380. The monoisotopic (exact) mass is 265 g/mol. The molecule has 0 aliphatic carbocycles. The molecule has 0 aromatic heterocycles. The van der Waals surface area contributed by atoms with Crippen LogP contribution in [-0.2, 0) is 16.0 Å². The van der Waals surface area contributed by atoms with Gasteiger partial charge in [0, 0.05) is 13.0 Å². The minimum atomic E-state index is -0.611. The number of rotatable bonds is 7. The standard InChI is InChI=1S/C15H23NO3/c1-4-19-12(3)15(18)16-11(2)14(17)10-13-8-6-5-7-9-13/h5-9,11-12,14,17H,4,10H2,1-3H3,(H,16,18). The lowest BCUT2D eigenvalue weighted by Gasteiger charge is -2.22. The lowest BCUT2D eigenvalue weighted by molar-refractivity contribution is -0.132. The van der Waals surface area contributed by atoms with Gasteiger partial charge in [0.05, 0.1) is 12.1 Å². The molecule has 0 fully saturated rings. The van der Waals surface area contributed by atoms with Gasteiger partial charge in [-0.1, -0.05) is 30.3 Å². The highest BCUT2D eigenvalue weighted by atomic mass is 16.5. The van der Waals surface area contributed by atoms with Crippen molar-refractivity contribution in [1.82, 2.24) is 5.32 Å². The maximum atomic E-state index is 11.8. The van der Waals surface area contributed by atoms with E-state index in [0.29, 0.717) is 13.0 Å². The first-order valence-electron chi connectivity index (χ1n) is 6.68. The zero-order valence-electron chi connectivity index (χ0n) is 11.8. The molecule has 4 heteroatoms. The molecule has 1 amide bonds. The highest BCUT2D eigenvalue weighted by Gasteiger charge is 2.20. The van der Waals surface area contributed by atoms with Crippen LogP contribution >= 0.6 is 0 Å². The Hall–Kier alpha value is -1.39. The van der Waals surface area contributed by atoms with Crippen molar-refractivity contribution in [3.8, 4) is 0 Å². The number of hydrogen-bond donors (Lipinski definition) is 2. The molecule has 0 heterocycles. The molecule has 3 atom stereocenters. The third-order valence-corrected chi connectivity index (χ3v) is 3.02. The molecule has 0 spiro atoms. The lowest BCUT2D eigenvalue weighted by Crippen LogP contribution is -2.46. The predicted molar refractivity (Wildman–Crippen MR) is 74.8 cm³/mol. The van der Waals surface area contributed by atoms with Crippen LogP contribution in [0, 0.1) is 0 Å². The second kappa shape index (κ2) is 7.92. The SMILES string of the molecule is CCOC(C)C(=O)NC(C)C(O)Cc1ccccc1. The number of benzene rings is 1. The van der Waals surface area contributed by atoms with E-state index in [9.17, 15) is 9.90 Å². The van der Waals surface area contributed by atoms with E-state index in [4.69, 9.17) is 4.74 Å². The fourth-order valence-corrected chi connectivity index (χ4v) is 1.80. The first-order chi connectivity index (χ1) is 9.04.